The van der Waals surface area contributed by atoms with Gasteiger partial charge in [0.15, 0.2) is 9.84 Å². The fourth-order valence-electron chi connectivity index (χ4n) is 2.39. The van der Waals surface area contributed by atoms with Crippen LogP contribution in [-0.2, 0) is 21.2 Å². The number of amides is 1. The lowest BCUT2D eigenvalue weighted by molar-refractivity contribution is -0.130. The van der Waals surface area contributed by atoms with Gasteiger partial charge in [0.25, 0.3) is 0 Å². The fourth-order valence-corrected chi connectivity index (χ4v) is 3.81. The molecule has 0 atom stereocenters. The molecule has 5 nitrogen and oxygen atoms in total. The van der Waals surface area contributed by atoms with Gasteiger partial charge < -0.3 is 9.64 Å². The van der Waals surface area contributed by atoms with E-state index in [-0.39, 0.29) is 29.5 Å². The standard InChI is InChI=1S/C18H19ClFNO4S/c1-21(12-13-11-14(19)3-8-17(13)25-2)18(22)9-10-26(23,24)16-6-4-15(20)5-7-16/h3-8,11H,9-10,12H2,1-2H3. The van der Waals surface area contributed by atoms with E-state index < -0.39 is 15.7 Å². The number of hydrogen-bond donors (Lipinski definition) is 0. The van der Waals surface area contributed by atoms with E-state index in [9.17, 15) is 17.6 Å². The molecule has 140 valence electrons. The summed E-state index contributed by atoms with van der Waals surface area (Å²) in [4.78, 5) is 13.7. The molecule has 0 bridgehead atoms. The van der Waals surface area contributed by atoms with Crippen LogP contribution >= 0.6 is 11.6 Å². The normalized spacial score (nSPS) is 11.2. The molecule has 2 aromatic carbocycles. The van der Waals surface area contributed by atoms with Gasteiger partial charge in [-0.25, -0.2) is 12.8 Å². The average molecular weight is 400 g/mol. The second-order valence-corrected chi connectivity index (χ2v) is 8.27. The molecule has 0 spiro atoms. The van der Waals surface area contributed by atoms with Crippen molar-refractivity contribution >= 4 is 27.3 Å². The Balaban J connectivity index is 2.01. The summed E-state index contributed by atoms with van der Waals surface area (Å²) >= 11 is 5.97. The minimum atomic E-state index is -3.66. The van der Waals surface area contributed by atoms with E-state index in [2.05, 4.69) is 0 Å². The number of carbonyl (C=O) groups is 1. The van der Waals surface area contributed by atoms with Gasteiger partial charge in [0, 0.05) is 30.6 Å². The monoisotopic (exact) mass is 399 g/mol. The van der Waals surface area contributed by atoms with Gasteiger partial charge >= 0.3 is 0 Å². The van der Waals surface area contributed by atoms with Gasteiger partial charge in [0.05, 0.1) is 17.8 Å². The minimum Gasteiger partial charge on any atom is -0.496 e. The van der Waals surface area contributed by atoms with Crippen molar-refractivity contribution in [3.8, 4) is 5.75 Å². The Labute approximate surface area is 157 Å². The van der Waals surface area contributed by atoms with Crippen LogP contribution in [0, 0.1) is 5.82 Å². The predicted octanol–water partition coefficient (Wildman–Crippen LogP) is 3.31. The van der Waals surface area contributed by atoms with E-state index >= 15 is 0 Å². The molecule has 0 unspecified atom stereocenters. The smallest absolute Gasteiger partial charge is 0.223 e. The Morgan fingerprint density at radius 1 is 1.19 bits per heavy atom. The Morgan fingerprint density at radius 2 is 1.85 bits per heavy atom. The van der Waals surface area contributed by atoms with Gasteiger partial charge in [-0.05, 0) is 42.5 Å². The summed E-state index contributed by atoms with van der Waals surface area (Å²) in [5, 5.41) is 0.514. The summed E-state index contributed by atoms with van der Waals surface area (Å²) in [6.07, 6.45) is -0.181. The number of halogens is 2. The Morgan fingerprint density at radius 3 is 2.46 bits per heavy atom. The van der Waals surface area contributed by atoms with Crippen molar-refractivity contribution in [1.82, 2.24) is 4.90 Å². The maximum atomic E-state index is 12.9. The van der Waals surface area contributed by atoms with Crippen molar-refractivity contribution in [3.63, 3.8) is 0 Å². The summed E-state index contributed by atoms with van der Waals surface area (Å²) in [7, 11) is -0.564. The molecular weight excluding hydrogens is 381 g/mol. The van der Waals surface area contributed by atoms with Gasteiger partial charge in [0.2, 0.25) is 5.91 Å². The van der Waals surface area contributed by atoms with Crippen LogP contribution in [0.1, 0.15) is 12.0 Å². The van der Waals surface area contributed by atoms with E-state index in [1.165, 1.54) is 24.1 Å². The van der Waals surface area contributed by atoms with Crippen molar-refractivity contribution in [2.24, 2.45) is 0 Å². The zero-order valence-corrected chi connectivity index (χ0v) is 16.0. The molecule has 0 saturated heterocycles. The highest BCUT2D eigenvalue weighted by Gasteiger charge is 2.19. The second-order valence-electron chi connectivity index (χ2n) is 5.73. The maximum Gasteiger partial charge on any atom is 0.223 e. The molecular formula is C18H19ClFNO4S. The van der Waals surface area contributed by atoms with Crippen molar-refractivity contribution in [1.29, 1.82) is 0 Å². The lowest BCUT2D eigenvalue weighted by atomic mass is 10.2. The highest BCUT2D eigenvalue weighted by molar-refractivity contribution is 7.91. The minimum absolute atomic E-state index is 0.00846. The zero-order valence-electron chi connectivity index (χ0n) is 14.4. The summed E-state index contributed by atoms with van der Waals surface area (Å²) in [6, 6.07) is 9.61. The van der Waals surface area contributed by atoms with Crippen LogP contribution < -0.4 is 4.74 Å². The third-order valence-electron chi connectivity index (χ3n) is 3.83. The summed E-state index contributed by atoms with van der Waals surface area (Å²) in [5.74, 6) is -0.616. The van der Waals surface area contributed by atoms with Gasteiger partial charge in [-0.1, -0.05) is 11.6 Å². The third-order valence-corrected chi connectivity index (χ3v) is 5.80. The maximum absolute atomic E-state index is 12.9. The summed E-state index contributed by atoms with van der Waals surface area (Å²) < 4.78 is 42.6. The number of rotatable bonds is 7. The number of hydrogen-bond acceptors (Lipinski definition) is 4. The Kier molecular flexibility index (Phi) is 6.61. The first-order valence-electron chi connectivity index (χ1n) is 7.77. The molecule has 0 saturated carbocycles. The molecule has 0 radical (unpaired) electrons. The first kappa shape index (κ1) is 20.2. The molecule has 1 amide bonds. The lowest BCUT2D eigenvalue weighted by Crippen LogP contribution is -2.28. The molecule has 0 N–H and O–H groups in total. The Bertz CT molecular complexity index is 885. The van der Waals surface area contributed by atoms with E-state index in [0.29, 0.717) is 10.8 Å². The molecule has 0 aliphatic heterocycles. The number of benzene rings is 2. The van der Waals surface area contributed by atoms with E-state index in [0.717, 1.165) is 17.7 Å². The SMILES string of the molecule is COc1ccc(Cl)cc1CN(C)C(=O)CCS(=O)(=O)c1ccc(F)cc1. The van der Waals surface area contributed by atoms with Gasteiger partial charge in [-0.2, -0.15) is 0 Å². The molecule has 0 fully saturated rings. The molecule has 2 rings (SSSR count). The van der Waals surface area contributed by atoms with Gasteiger partial charge in [0.1, 0.15) is 11.6 Å². The second kappa shape index (κ2) is 8.51. The van der Waals surface area contributed by atoms with Crippen LogP contribution in [0.25, 0.3) is 0 Å². The number of carbonyl (C=O) groups excluding carboxylic acids is 1. The quantitative estimate of drug-likeness (QED) is 0.670. The van der Waals surface area contributed by atoms with Crippen LogP contribution in [0.15, 0.2) is 47.4 Å². The van der Waals surface area contributed by atoms with Crippen molar-refractivity contribution < 1.29 is 22.3 Å². The molecule has 0 aliphatic rings. The molecule has 2 aromatic rings. The predicted molar refractivity (Wildman–Crippen MR) is 97.5 cm³/mol. The first-order valence-corrected chi connectivity index (χ1v) is 9.80. The Hall–Kier alpha value is -2.12. The lowest BCUT2D eigenvalue weighted by Gasteiger charge is -2.19. The van der Waals surface area contributed by atoms with Gasteiger partial charge in [-0.3, -0.25) is 4.79 Å². The van der Waals surface area contributed by atoms with E-state index in [1.807, 2.05) is 0 Å². The molecule has 0 heterocycles. The number of sulfone groups is 1. The molecule has 26 heavy (non-hydrogen) atoms. The van der Waals surface area contributed by atoms with Crippen molar-refractivity contribution in [3.05, 3.63) is 58.9 Å². The van der Waals surface area contributed by atoms with Crippen molar-refractivity contribution in [2.75, 3.05) is 19.9 Å². The fraction of sp³-hybridized carbons (Fsp3) is 0.278. The molecule has 8 heteroatoms. The van der Waals surface area contributed by atoms with Crippen LogP contribution in [0.3, 0.4) is 0 Å². The third kappa shape index (κ3) is 5.19. The number of methoxy groups -OCH3 is 1. The summed E-state index contributed by atoms with van der Waals surface area (Å²) in [5.41, 5.74) is 0.720. The zero-order chi connectivity index (χ0) is 19.3. The number of ether oxygens (including phenoxy) is 1. The highest BCUT2D eigenvalue weighted by atomic mass is 35.5. The van der Waals surface area contributed by atoms with Crippen LogP contribution in [0.4, 0.5) is 4.39 Å². The van der Waals surface area contributed by atoms with Crippen LogP contribution in [0.2, 0.25) is 5.02 Å². The average Bonchev–Trinajstić information content (AvgIpc) is 2.60. The van der Waals surface area contributed by atoms with Crippen LogP contribution in [-0.4, -0.2) is 39.1 Å². The highest BCUT2D eigenvalue weighted by Crippen LogP contribution is 2.24. The van der Waals surface area contributed by atoms with E-state index in [1.54, 1.807) is 25.2 Å². The molecule has 0 aromatic heterocycles. The first-order chi connectivity index (χ1) is 12.2. The van der Waals surface area contributed by atoms with Crippen molar-refractivity contribution in [2.45, 2.75) is 17.9 Å². The number of nitrogens with zero attached hydrogens (tertiary/aromatic N) is 1. The summed E-state index contributed by atoms with van der Waals surface area (Å²) in [6.45, 7) is 0.235. The van der Waals surface area contributed by atoms with Crippen LogP contribution in [0.5, 0.6) is 5.75 Å². The topological polar surface area (TPSA) is 63.7 Å². The largest absolute Gasteiger partial charge is 0.496 e. The van der Waals surface area contributed by atoms with E-state index in [4.69, 9.17) is 16.3 Å². The van der Waals surface area contributed by atoms with Gasteiger partial charge in [-0.15, -0.1) is 0 Å². The molecule has 0 aliphatic carbocycles.